The summed E-state index contributed by atoms with van der Waals surface area (Å²) >= 11 is 0. The van der Waals surface area contributed by atoms with Crippen LogP contribution in [0.5, 0.6) is 0 Å². The molecule has 0 saturated carbocycles. The predicted molar refractivity (Wildman–Crippen MR) is 84.7 cm³/mol. The zero-order valence-electron chi connectivity index (χ0n) is 14.0. The summed E-state index contributed by atoms with van der Waals surface area (Å²) in [6.07, 6.45) is -3.59. The molecule has 4 nitrogen and oxygen atoms in total. The smallest absolute Gasteiger partial charge is 0.351 e. The van der Waals surface area contributed by atoms with Crippen LogP contribution in [0.1, 0.15) is 41.0 Å². The maximum absolute atomic E-state index is 12.9. The third-order valence-electron chi connectivity index (χ3n) is 3.87. The number of aromatic nitrogens is 2. The van der Waals surface area contributed by atoms with Gasteiger partial charge < -0.3 is 5.32 Å². The number of nitrogens with zero attached hydrogens (tertiary/aromatic N) is 2. The van der Waals surface area contributed by atoms with Crippen molar-refractivity contribution in [2.45, 2.75) is 32.4 Å². The monoisotopic (exact) mass is 339 g/mol. The molecule has 0 spiro atoms. The minimum Gasteiger partial charge on any atom is -0.351 e. The van der Waals surface area contributed by atoms with Crippen LogP contribution < -0.4 is 5.32 Å². The van der Waals surface area contributed by atoms with Crippen molar-refractivity contribution in [2.24, 2.45) is 7.05 Å². The Kier molecular flexibility index (Phi) is 4.73. The first kappa shape index (κ1) is 18.0. The Morgan fingerprint density at radius 1 is 1.21 bits per heavy atom. The molecule has 0 bridgehead atoms. The van der Waals surface area contributed by atoms with Gasteiger partial charge in [-0.05, 0) is 12.5 Å². The van der Waals surface area contributed by atoms with Crippen LogP contribution in [0.25, 0.3) is 0 Å². The first-order valence-electron chi connectivity index (χ1n) is 7.47. The molecule has 2 aromatic rings. The Morgan fingerprint density at radius 2 is 1.79 bits per heavy atom. The van der Waals surface area contributed by atoms with Gasteiger partial charge in [-0.1, -0.05) is 43.7 Å². The lowest BCUT2D eigenvalue weighted by Gasteiger charge is -2.26. The fraction of sp³-hybridized carbons (Fsp3) is 0.412. The molecule has 0 aliphatic carbocycles. The number of carbonyl (C=O) groups excluding carboxylic acids is 1. The van der Waals surface area contributed by atoms with Crippen LogP contribution in [0.4, 0.5) is 13.2 Å². The SMILES string of the molecule is Cc1ccc(C(C)(C)CNC(=O)c2cn(C)nc2C(F)(F)F)cc1. The normalized spacial score (nSPS) is 12.3. The van der Waals surface area contributed by atoms with Gasteiger partial charge in [-0.2, -0.15) is 18.3 Å². The van der Waals surface area contributed by atoms with Crippen molar-refractivity contribution in [1.29, 1.82) is 0 Å². The molecule has 2 rings (SSSR count). The van der Waals surface area contributed by atoms with Crippen LogP contribution in [0.3, 0.4) is 0 Å². The van der Waals surface area contributed by atoms with E-state index in [4.69, 9.17) is 0 Å². The van der Waals surface area contributed by atoms with Crippen molar-refractivity contribution >= 4 is 5.91 Å². The van der Waals surface area contributed by atoms with Gasteiger partial charge >= 0.3 is 6.18 Å². The second kappa shape index (κ2) is 6.30. The average Bonchev–Trinajstić information content (AvgIpc) is 2.87. The lowest BCUT2D eigenvalue weighted by atomic mass is 9.84. The Bertz CT molecular complexity index is 731. The number of carbonyl (C=O) groups is 1. The van der Waals surface area contributed by atoms with E-state index < -0.39 is 28.8 Å². The summed E-state index contributed by atoms with van der Waals surface area (Å²) < 4.78 is 39.8. The number of hydrogen-bond acceptors (Lipinski definition) is 2. The Morgan fingerprint density at radius 3 is 2.33 bits per heavy atom. The summed E-state index contributed by atoms with van der Waals surface area (Å²) in [6.45, 7) is 6.03. The summed E-state index contributed by atoms with van der Waals surface area (Å²) in [6, 6.07) is 7.82. The van der Waals surface area contributed by atoms with Crippen LogP contribution in [0, 0.1) is 6.92 Å². The molecule has 1 aromatic heterocycles. The van der Waals surface area contributed by atoms with E-state index >= 15 is 0 Å². The summed E-state index contributed by atoms with van der Waals surface area (Å²) in [5.41, 5.74) is 0.0593. The van der Waals surface area contributed by atoms with E-state index in [0.29, 0.717) is 0 Å². The molecule has 1 heterocycles. The van der Waals surface area contributed by atoms with E-state index in [-0.39, 0.29) is 6.54 Å². The number of benzene rings is 1. The highest BCUT2D eigenvalue weighted by atomic mass is 19.4. The zero-order valence-corrected chi connectivity index (χ0v) is 14.0. The maximum Gasteiger partial charge on any atom is 0.435 e. The largest absolute Gasteiger partial charge is 0.435 e. The number of aryl methyl sites for hydroxylation is 2. The van der Waals surface area contributed by atoms with E-state index in [1.807, 2.05) is 45.0 Å². The van der Waals surface area contributed by atoms with Crippen molar-refractivity contribution in [2.75, 3.05) is 6.54 Å². The summed E-state index contributed by atoms with van der Waals surface area (Å²) in [4.78, 5) is 12.2. The quantitative estimate of drug-likeness (QED) is 0.927. The van der Waals surface area contributed by atoms with E-state index in [9.17, 15) is 18.0 Å². The van der Waals surface area contributed by atoms with E-state index in [1.54, 1.807) is 0 Å². The topological polar surface area (TPSA) is 46.9 Å². The molecule has 0 saturated heterocycles. The highest BCUT2D eigenvalue weighted by molar-refractivity contribution is 5.95. The Labute approximate surface area is 138 Å². The molecule has 130 valence electrons. The number of rotatable bonds is 4. The zero-order chi connectivity index (χ0) is 18.1. The van der Waals surface area contributed by atoms with Gasteiger partial charge in [-0.15, -0.1) is 0 Å². The highest BCUT2D eigenvalue weighted by Gasteiger charge is 2.39. The molecule has 0 fully saturated rings. The van der Waals surface area contributed by atoms with Crippen molar-refractivity contribution in [3.8, 4) is 0 Å². The molecule has 0 atom stereocenters. The van der Waals surface area contributed by atoms with Gasteiger partial charge in [-0.25, -0.2) is 0 Å². The maximum atomic E-state index is 12.9. The molecule has 0 unspecified atom stereocenters. The van der Waals surface area contributed by atoms with Crippen LogP contribution in [-0.4, -0.2) is 22.2 Å². The van der Waals surface area contributed by atoms with Crippen molar-refractivity contribution in [3.05, 3.63) is 52.8 Å². The lowest BCUT2D eigenvalue weighted by Crippen LogP contribution is -2.37. The minimum atomic E-state index is -4.67. The van der Waals surface area contributed by atoms with Crippen LogP contribution >= 0.6 is 0 Å². The van der Waals surface area contributed by atoms with Gasteiger partial charge in [0.2, 0.25) is 0 Å². The minimum absolute atomic E-state index is 0.209. The van der Waals surface area contributed by atoms with Gasteiger partial charge in [-0.3, -0.25) is 9.48 Å². The molecule has 0 aliphatic rings. The van der Waals surface area contributed by atoms with Crippen molar-refractivity contribution < 1.29 is 18.0 Å². The summed E-state index contributed by atoms with van der Waals surface area (Å²) in [7, 11) is 1.35. The molecule has 1 N–H and O–H groups in total. The molecule has 0 radical (unpaired) electrons. The molecule has 1 amide bonds. The fourth-order valence-electron chi connectivity index (χ4n) is 2.37. The number of halogens is 3. The fourth-order valence-corrected chi connectivity index (χ4v) is 2.37. The molecule has 7 heteroatoms. The van der Waals surface area contributed by atoms with E-state index in [2.05, 4.69) is 10.4 Å². The predicted octanol–water partition coefficient (Wildman–Crippen LogP) is 3.45. The Hall–Kier alpha value is -2.31. The highest BCUT2D eigenvalue weighted by Crippen LogP contribution is 2.30. The molecule has 24 heavy (non-hydrogen) atoms. The van der Waals surface area contributed by atoms with Gasteiger partial charge in [0.1, 0.15) is 0 Å². The first-order chi connectivity index (χ1) is 11.0. The van der Waals surface area contributed by atoms with E-state index in [0.717, 1.165) is 22.0 Å². The van der Waals surface area contributed by atoms with Gasteiger partial charge in [0.15, 0.2) is 5.69 Å². The standard InChI is InChI=1S/C17H20F3N3O/c1-11-5-7-12(8-6-11)16(2,3)10-21-15(24)13-9-23(4)22-14(13)17(18,19)20/h5-9H,10H2,1-4H3,(H,21,24). The van der Waals surface area contributed by atoms with Crippen molar-refractivity contribution in [1.82, 2.24) is 15.1 Å². The summed E-state index contributed by atoms with van der Waals surface area (Å²) in [5, 5.41) is 5.93. The second-order valence-electron chi connectivity index (χ2n) is 6.50. The number of nitrogens with one attached hydrogen (secondary N) is 1. The van der Waals surface area contributed by atoms with Crippen LogP contribution in [0.2, 0.25) is 0 Å². The Balaban J connectivity index is 2.15. The lowest BCUT2D eigenvalue weighted by molar-refractivity contribution is -0.141. The molecule has 1 aromatic carbocycles. The number of alkyl halides is 3. The van der Waals surface area contributed by atoms with Gasteiger partial charge in [0, 0.05) is 25.2 Å². The van der Waals surface area contributed by atoms with Gasteiger partial charge in [0.05, 0.1) is 5.56 Å². The molecule has 0 aliphatic heterocycles. The second-order valence-corrected chi connectivity index (χ2v) is 6.50. The van der Waals surface area contributed by atoms with Gasteiger partial charge in [0.25, 0.3) is 5.91 Å². The third kappa shape index (κ3) is 3.96. The molecular weight excluding hydrogens is 319 g/mol. The molecular formula is C17H20F3N3O. The number of amides is 1. The van der Waals surface area contributed by atoms with Crippen LogP contribution in [0.15, 0.2) is 30.5 Å². The van der Waals surface area contributed by atoms with Crippen LogP contribution in [-0.2, 0) is 18.6 Å². The summed E-state index contributed by atoms with van der Waals surface area (Å²) in [5.74, 6) is -0.782. The third-order valence-corrected chi connectivity index (χ3v) is 3.87. The number of hydrogen-bond donors (Lipinski definition) is 1. The van der Waals surface area contributed by atoms with Crippen molar-refractivity contribution in [3.63, 3.8) is 0 Å². The van der Waals surface area contributed by atoms with E-state index in [1.165, 1.54) is 7.05 Å². The average molecular weight is 339 g/mol. The first-order valence-corrected chi connectivity index (χ1v) is 7.47.